The first-order chi connectivity index (χ1) is 8.56. The average molecular weight is 266 g/mol. The number of carbonyl (C=O) groups is 1. The normalized spacial score (nSPS) is 10.1. The lowest BCUT2D eigenvalue weighted by atomic mass is 10.2. The first kappa shape index (κ1) is 14.4. The minimum Gasteiger partial charge on any atom is -0.389 e. The summed E-state index contributed by atoms with van der Waals surface area (Å²) in [5.41, 5.74) is 11.6. The van der Waals surface area contributed by atoms with Gasteiger partial charge in [-0.25, -0.2) is 4.98 Å². The highest BCUT2D eigenvalue weighted by Gasteiger charge is 2.15. The molecule has 18 heavy (non-hydrogen) atoms. The molecule has 1 rings (SSSR count). The van der Waals surface area contributed by atoms with Crippen molar-refractivity contribution in [3.63, 3.8) is 0 Å². The lowest BCUT2D eigenvalue weighted by Crippen LogP contribution is -2.36. The van der Waals surface area contributed by atoms with Crippen LogP contribution in [0.25, 0.3) is 0 Å². The molecule has 0 aromatic carbocycles. The number of hydrogen-bond acceptors (Lipinski definition) is 4. The first-order valence-electron chi connectivity index (χ1n) is 5.84. The van der Waals surface area contributed by atoms with Crippen LogP contribution < -0.4 is 16.4 Å². The van der Waals surface area contributed by atoms with Gasteiger partial charge in [0.2, 0.25) is 5.91 Å². The fraction of sp³-hybridized carbons (Fsp3) is 0.417. The molecule has 1 aromatic rings. The van der Waals surface area contributed by atoms with Crippen LogP contribution >= 0.6 is 12.2 Å². The summed E-state index contributed by atoms with van der Waals surface area (Å²) in [6, 6.07) is 3.56. The summed E-state index contributed by atoms with van der Waals surface area (Å²) >= 11 is 4.99. The zero-order valence-corrected chi connectivity index (χ0v) is 11.2. The van der Waals surface area contributed by atoms with E-state index in [2.05, 4.69) is 11.9 Å². The van der Waals surface area contributed by atoms with Crippen molar-refractivity contribution in [2.75, 3.05) is 18.0 Å². The van der Waals surface area contributed by atoms with E-state index in [1.54, 1.807) is 18.3 Å². The van der Waals surface area contributed by atoms with Crippen LogP contribution in [0.3, 0.4) is 0 Å². The largest absolute Gasteiger partial charge is 0.389 e. The van der Waals surface area contributed by atoms with Crippen molar-refractivity contribution in [2.24, 2.45) is 11.5 Å². The van der Waals surface area contributed by atoms with Crippen LogP contribution in [0.4, 0.5) is 5.82 Å². The van der Waals surface area contributed by atoms with Gasteiger partial charge < -0.3 is 16.4 Å². The van der Waals surface area contributed by atoms with Gasteiger partial charge >= 0.3 is 0 Å². The van der Waals surface area contributed by atoms with Crippen LogP contribution in [0.5, 0.6) is 0 Å². The van der Waals surface area contributed by atoms with E-state index in [-0.39, 0.29) is 11.5 Å². The number of amides is 1. The van der Waals surface area contributed by atoms with Gasteiger partial charge in [-0.05, 0) is 18.6 Å². The van der Waals surface area contributed by atoms with Gasteiger partial charge in [-0.3, -0.25) is 4.79 Å². The molecule has 0 saturated heterocycles. The number of rotatable bonds is 7. The summed E-state index contributed by atoms with van der Waals surface area (Å²) in [6.07, 6.45) is 3.61. The van der Waals surface area contributed by atoms with E-state index >= 15 is 0 Å². The van der Waals surface area contributed by atoms with Gasteiger partial charge in [0.1, 0.15) is 10.8 Å². The molecule has 1 aromatic heterocycles. The minimum absolute atomic E-state index is 0.118. The molecule has 0 atom stereocenters. The number of pyridine rings is 1. The van der Waals surface area contributed by atoms with Crippen molar-refractivity contribution in [2.45, 2.75) is 19.8 Å². The van der Waals surface area contributed by atoms with Crippen molar-refractivity contribution >= 4 is 28.9 Å². The summed E-state index contributed by atoms with van der Waals surface area (Å²) in [5.74, 6) is 0.225. The quantitative estimate of drug-likeness (QED) is 0.713. The van der Waals surface area contributed by atoms with Crippen LogP contribution in [0.2, 0.25) is 0 Å². The molecule has 1 amide bonds. The maximum absolute atomic E-state index is 11.1. The zero-order valence-electron chi connectivity index (χ0n) is 10.4. The first-order valence-corrected chi connectivity index (χ1v) is 6.25. The molecule has 5 nitrogen and oxygen atoms in total. The van der Waals surface area contributed by atoms with E-state index < -0.39 is 5.91 Å². The second kappa shape index (κ2) is 6.90. The Labute approximate surface area is 112 Å². The van der Waals surface area contributed by atoms with Gasteiger partial charge in [0, 0.05) is 12.7 Å². The summed E-state index contributed by atoms with van der Waals surface area (Å²) in [4.78, 5) is 17.5. The lowest BCUT2D eigenvalue weighted by molar-refractivity contribution is -0.116. The molecule has 0 unspecified atom stereocenters. The molecule has 0 radical (unpaired) electrons. The van der Waals surface area contributed by atoms with Crippen molar-refractivity contribution in [3.05, 3.63) is 23.9 Å². The molecule has 0 spiro atoms. The Bertz CT molecular complexity index is 436. The molecule has 6 heteroatoms. The SMILES string of the molecule is CCCCN(CC(N)=O)c1ncccc1C(N)=S. The third-order valence-corrected chi connectivity index (χ3v) is 2.70. The highest BCUT2D eigenvalue weighted by atomic mass is 32.1. The number of thiocarbonyl (C=S) groups is 1. The number of aromatic nitrogens is 1. The van der Waals surface area contributed by atoms with Gasteiger partial charge in [-0.2, -0.15) is 0 Å². The van der Waals surface area contributed by atoms with Crippen LogP contribution in [-0.4, -0.2) is 29.0 Å². The van der Waals surface area contributed by atoms with Crippen LogP contribution in [0.15, 0.2) is 18.3 Å². The average Bonchev–Trinajstić information content (AvgIpc) is 2.34. The monoisotopic (exact) mass is 266 g/mol. The third-order valence-electron chi connectivity index (χ3n) is 2.48. The lowest BCUT2D eigenvalue weighted by Gasteiger charge is -2.24. The molecule has 98 valence electrons. The van der Waals surface area contributed by atoms with E-state index in [4.69, 9.17) is 23.7 Å². The number of hydrogen-bond donors (Lipinski definition) is 2. The molecule has 0 saturated carbocycles. The molecule has 0 fully saturated rings. The smallest absolute Gasteiger partial charge is 0.236 e. The Balaban J connectivity index is 3.03. The van der Waals surface area contributed by atoms with E-state index in [0.717, 1.165) is 12.8 Å². The Morgan fingerprint density at radius 1 is 1.50 bits per heavy atom. The van der Waals surface area contributed by atoms with E-state index in [0.29, 0.717) is 17.9 Å². The van der Waals surface area contributed by atoms with Gasteiger partial charge in [-0.1, -0.05) is 25.6 Å². The van der Waals surface area contributed by atoms with Crippen LogP contribution in [0, 0.1) is 0 Å². The Hall–Kier alpha value is -1.69. The topological polar surface area (TPSA) is 85.2 Å². The standard InChI is InChI=1S/C12H18N4OS/c1-2-3-7-16(8-10(13)17)12-9(11(14)18)5-4-6-15-12/h4-6H,2-3,7-8H2,1H3,(H2,13,17)(H2,14,18). The fourth-order valence-electron chi connectivity index (χ4n) is 1.64. The highest BCUT2D eigenvalue weighted by molar-refractivity contribution is 7.80. The number of nitrogens with zero attached hydrogens (tertiary/aromatic N) is 2. The summed E-state index contributed by atoms with van der Waals surface area (Å²) < 4.78 is 0. The number of primary amides is 1. The summed E-state index contributed by atoms with van der Waals surface area (Å²) in [5, 5.41) is 0. The number of nitrogens with two attached hydrogens (primary N) is 2. The predicted octanol–water partition coefficient (Wildman–Crippen LogP) is 0.808. The molecule has 1 heterocycles. The number of anilines is 1. The van der Waals surface area contributed by atoms with Gasteiger partial charge in [0.05, 0.1) is 12.1 Å². The van der Waals surface area contributed by atoms with E-state index in [9.17, 15) is 4.79 Å². The second-order valence-corrected chi connectivity index (χ2v) is 4.42. The summed E-state index contributed by atoms with van der Waals surface area (Å²) in [6.45, 7) is 2.90. The molecule has 4 N–H and O–H groups in total. The number of carbonyl (C=O) groups excluding carboxylic acids is 1. The molecular weight excluding hydrogens is 248 g/mol. The maximum Gasteiger partial charge on any atom is 0.236 e. The second-order valence-electron chi connectivity index (χ2n) is 3.98. The van der Waals surface area contributed by atoms with E-state index in [1.165, 1.54) is 0 Å². The van der Waals surface area contributed by atoms with Gasteiger partial charge in [0.25, 0.3) is 0 Å². The molecular formula is C12H18N4OS. The summed E-state index contributed by atoms with van der Waals surface area (Å²) in [7, 11) is 0. The maximum atomic E-state index is 11.1. The third kappa shape index (κ3) is 3.96. The van der Waals surface area contributed by atoms with Gasteiger partial charge in [0.15, 0.2) is 0 Å². The van der Waals surface area contributed by atoms with Crippen molar-refractivity contribution in [1.82, 2.24) is 4.98 Å². The van der Waals surface area contributed by atoms with Crippen molar-refractivity contribution in [3.8, 4) is 0 Å². The zero-order chi connectivity index (χ0) is 13.5. The fourth-order valence-corrected chi connectivity index (χ4v) is 1.80. The van der Waals surface area contributed by atoms with Crippen molar-refractivity contribution in [1.29, 1.82) is 0 Å². The predicted molar refractivity (Wildman–Crippen MR) is 76.4 cm³/mol. The Morgan fingerprint density at radius 2 is 2.22 bits per heavy atom. The Morgan fingerprint density at radius 3 is 2.78 bits per heavy atom. The highest BCUT2D eigenvalue weighted by Crippen LogP contribution is 2.17. The Kier molecular flexibility index (Phi) is 5.51. The molecule has 0 bridgehead atoms. The molecule has 0 aliphatic carbocycles. The van der Waals surface area contributed by atoms with E-state index in [1.807, 2.05) is 4.90 Å². The van der Waals surface area contributed by atoms with Crippen LogP contribution in [-0.2, 0) is 4.79 Å². The minimum atomic E-state index is -0.398. The van der Waals surface area contributed by atoms with Crippen molar-refractivity contribution < 1.29 is 4.79 Å². The van der Waals surface area contributed by atoms with Gasteiger partial charge in [-0.15, -0.1) is 0 Å². The van der Waals surface area contributed by atoms with Crippen LogP contribution in [0.1, 0.15) is 25.3 Å². The molecule has 0 aliphatic heterocycles. The molecule has 0 aliphatic rings. The number of unbranched alkanes of at least 4 members (excludes halogenated alkanes) is 1.